The second-order valence-electron chi connectivity index (χ2n) is 2.50. The maximum Gasteiger partial charge on any atom is 0.336 e. The number of hydrogen-bond acceptors (Lipinski definition) is 3. The zero-order valence-corrected chi connectivity index (χ0v) is 8.71. The normalized spacial score (nSPS) is 9.00. The molecule has 0 fully saturated rings. The van der Waals surface area contributed by atoms with E-state index in [-0.39, 0.29) is 12.6 Å². The molecular formula is C11H16O3. The van der Waals surface area contributed by atoms with Gasteiger partial charge in [0.1, 0.15) is 0 Å². The Morgan fingerprint density at radius 1 is 1.36 bits per heavy atom. The lowest BCUT2D eigenvalue weighted by molar-refractivity contribution is -0.139. The molecule has 0 aromatic carbocycles. The first-order valence-electron chi connectivity index (χ1n) is 4.35. The molecule has 0 bridgehead atoms. The Morgan fingerprint density at radius 2 is 1.93 bits per heavy atom. The van der Waals surface area contributed by atoms with Crippen molar-refractivity contribution in [2.45, 2.75) is 6.92 Å². The van der Waals surface area contributed by atoms with Gasteiger partial charge in [-0.1, -0.05) is 25.3 Å². The minimum atomic E-state index is -0.385. The summed E-state index contributed by atoms with van der Waals surface area (Å²) in [7, 11) is 1.52. The van der Waals surface area contributed by atoms with Crippen LogP contribution in [0.3, 0.4) is 0 Å². The Balaban J connectivity index is 4.89. The van der Waals surface area contributed by atoms with E-state index in [1.54, 1.807) is 19.1 Å². The summed E-state index contributed by atoms with van der Waals surface area (Å²) in [5, 5.41) is 0. The summed E-state index contributed by atoms with van der Waals surface area (Å²) in [5.41, 5.74) is 1.09. The van der Waals surface area contributed by atoms with Gasteiger partial charge in [0.05, 0.1) is 18.8 Å². The van der Waals surface area contributed by atoms with Crippen molar-refractivity contribution >= 4 is 5.97 Å². The molecule has 14 heavy (non-hydrogen) atoms. The van der Waals surface area contributed by atoms with Gasteiger partial charge in [-0.05, 0) is 12.5 Å². The van der Waals surface area contributed by atoms with Crippen LogP contribution in [0.1, 0.15) is 6.92 Å². The van der Waals surface area contributed by atoms with Crippen LogP contribution in [-0.2, 0) is 14.3 Å². The molecule has 0 heterocycles. The fourth-order valence-corrected chi connectivity index (χ4v) is 0.952. The van der Waals surface area contributed by atoms with Crippen LogP contribution in [0.25, 0.3) is 0 Å². The summed E-state index contributed by atoms with van der Waals surface area (Å²) in [6.07, 6.45) is 3.11. The lowest BCUT2D eigenvalue weighted by Crippen LogP contribution is -2.13. The van der Waals surface area contributed by atoms with Crippen molar-refractivity contribution in [3.8, 4) is 0 Å². The number of esters is 1. The third-order valence-corrected chi connectivity index (χ3v) is 1.60. The molecule has 0 aliphatic rings. The van der Waals surface area contributed by atoms with E-state index in [2.05, 4.69) is 13.2 Å². The monoisotopic (exact) mass is 196 g/mol. The van der Waals surface area contributed by atoms with Crippen molar-refractivity contribution in [1.29, 1.82) is 0 Å². The van der Waals surface area contributed by atoms with Gasteiger partial charge in [0.2, 0.25) is 0 Å². The van der Waals surface area contributed by atoms with Gasteiger partial charge in [0.15, 0.2) is 0 Å². The SMILES string of the molecule is C=CC(C=C)=C(COC)C(=O)OCC. The second kappa shape index (κ2) is 7.09. The second-order valence-corrected chi connectivity index (χ2v) is 2.50. The first kappa shape index (κ1) is 12.7. The van der Waals surface area contributed by atoms with E-state index < -0.39 is 0 Å². The third kappa shape index (κ3) is 3.58. The molecule has 0 unspecified atom stereocenters. The van der Waals surface area contributed by atoms with Crippen LogP contribution < -0.4 is 0 Å². The standard InChI is InChI=1S/C11H16O3/c1-5-9(6-2)10(8-13-4)11(12)14-7-3/h5-6H,1-2,7-8H2,3-4H3. The Labute approximate surface area is 84.7 Å². The van der Waals surface area contributed by atoms with E-state index >= 15 is 0 Å². The van der Waals surface area contributed by atoms with Gasteiger partial charge in [0.25, 0.3) is 0 Å². The van der Waals surface area contributed by atoms with Crippen LogP contribution >= 0.6 is 0 Å². The zero-order valence-electron chi connectivity index (χ0n) is 8.71. The van der Waals surface area contributed by atoms with Crippen LogP contribution in [0, 0.1) is 0 Å². The number of carbonyl (C=O) groups excluding carboxylic acids is 1. The van der Waals surface area contributed by atoms with Gasteiger partial charge >= 0.3 is 5.97 Å². The van der Waals surface area contributed by atoms with Crippen LogP contribution in [0.5, 0.6) is 0 Å². The van der Waals surface area contributed by atoms with Crippen molar-refractivity contribution in [3.05, 3.63) is 36.5 Å². The van der Waals surface area contributed by atoms with Gasteiger partial charge in [-0.15, -0.1) is 0 Å². The maximum absolute atomic E-state index is 11.4. The summed E-state index contributed by atoms with van der Waals surface area (Å²) in [4.78, 5) is 11.4. The summed E-state index contributed by atoms with van der Waals surface area (Å²) >= 11 is 0. The van der Waals surface area contributed by atoms with Gasteiger partial charge in [0, 0.05) is 7.11 Å². The number of ether oxygens (including phenoxy) is 2. The molecule has 0 aromatic heterocycles. The fourth-order valence-electron chi connectivity index (χ4n) is 0.952. The van der Waals surface area contributed by atoms with Crippen molar-refractivity contribution in [3.63, 3.8) is 0 Å². The van der Waals surface area contributed by atoms with Crippen LogP contribution in [0.4, 0.5) is 0 Å². The molecule has 3 nitrogen and oxygen atoms in total. The number of rotatable bonds is 6. The van der Waals surface area contributed by atoms with E-state index in [4.69, 9.17) is 9.47 Å². The van der Waals surface area contributed by atoms with Crippen LogP contribution in [0.2, 0.25) is 0 Å². The average molecular weight is 196 g/mol. The van der Waals surface area contributed by atoms with E-state index in [0.29, 0.717) is 17.8 Å². The van der Waals surface area contributed by atoms with E-state index in [0.717, 1.165) is 0 Å². The lowest BCUT2D eigenvalue weighted by Gasteiger charge is -2.08. The summed E-state index contributed by atoms with van der Waals surface area (Å²) in [6.45, 7) is 9.47. The summed E-state index contributed by atoms with van der Waals surface area (Å²) < 4.78 is 9.77. The third-order valence-electron chi connectivity index (χ3n) is 1.60. The molecule has 0 aliphatic heterocycles. The minimum Gasteiger partial charge on any atom is -0.463 e. The highest BCUT2D eigenvalue weighted by Gasteiger charge is 2.12. The molecule has 0 amide bonds. The van der Waals surface area contributed by atoms with Crippen LogP contribution in [-0.4, -0.2) is 26.3 Å². The smallest absolute Gasteiger partial charge is 0.336 e. The Kier molecular flexibility index (Phi) is 6.41. The molecule has 0 atom stereocenters. The molecule has 0 aromatic rings. The van der Waals surface area contributed by atoms with Crippen molar-refractivity contribution in [2.24, 2.45) is 0 Å². The van der Waals surface area contributed by atoms with Gasteiger partial charge < -0.3 is 9.47 Å². The molecule has 0 saturated carbocycles. The Hall–Kier alpha value is -1.35. The molecule has 0 radical (unpaired) electrons. The average Bonchev–Trinajstić information content (AvgIpc) is 2.18. The number of hydrogen-bond donors (Lipinski definition) is 0. The first-order valence-corrected chi connectivity index (χ1v) is 4.35. The minimum absolute atomic E-state index is 0.201. The molecule has 0 aliphatic carbocycles. The lowest BCUT2D eigenvalue weighted by atomic mass is 10.1. The highest BCUT2D eigenvalue weighted by atomic mass is 16.5. The first-order chi connectivity index (χ1) is 6.71. The topological polar surface area (TPSA) is 35.5 Å². The van der Waals surface area contributed by atoms with E-state index in [1.807, 2.05) is 0 Å². The van der Waals surface area contributed by atoms with Gasteiger partial charge in [-0.3, -0.25) is 0 Å². The van der Waals surface area contributed by atoms with Crippen molar-refractivity contribution in [1.82, 2.24) is 0 Å². The zero-order chi connectivity index (χ0) is 11.0. The predicted molar refractivity (Wildman–Crippen MR) is 55.9 cm³/mol. The highest BCUT2D eigenvalue weighted by Crippen LogP contribution is 2.09. The molecule has 0 rings (SSSR count). The maximum atomic E-state index is 11.4. The Morgan fingerprint density at radius 3 is 2.29 bits per heavy atom. The van der Waals surface area contributed by atoms with E-state index in [9.17, 15) is 4.79 Å². The Bertz CT molecular complexity index is 241. The molecule has 0 spiro atoms. The van der Waals surface area contributed by atoms with E-state index in [1.165, 1.54) is 7.11 Å². The summed E-state index contributed by atoms with van der Waals surface area (Å²) in [5.74, 6) is -0.385. The molecule has 78 valence electrons. The molecule has 0 saturated heterocycles. The van der Waals surface area contributed by atoms with Gasteiger partial charge in [-0.25, -0.2) is 4.79 Å². The molecule has 3 heteroatoms. The molecular weight excluding hydrogens is 180 g/mol. The van der Waals surface area contributed by atoms with Crippen molar-refractivity contribution in [2.75, 3.05) is 20.3 Å². The predicted octanol–water partition coefficient (Wildman–Crippen LogP) is 1.86. The molecule has 0 N–H and O–H groups in total. The van der Waals surface area contributed by atoms with Crippen molar-refractivity contribution < 1.29 is 14.3 Å². The number of methoxy groups -OCH3 is 1. The number of carbonyl (C=O) groups is 1. The highest BCUT2D eigenvalue weighted by molar-refractivity contribution is 5.90. The summed E-state index contributed by atoms with van der Waals surface area (Å²) in [6, 6.07) is 0. The number of allylic oxidation sites excluding steroid dienone is 3. The van der Waals surface area contributed by atoms with Gasteiger partial charge in [-0.2, -0.15) is 0 Å². The fraction of sp³-hybridized carbons (Fsp3) is 0.364. The quantitative estimate of drug-likeness (QED) is 0.369. The largest absolute Gasteiger partial charge is 0.463 e. The van der Waals surface area contributed by atoms with Crippen LogP contribution in [0.15, 0.2) is 36.5 Å².